The van der Waals surface area contributed by atoms with E-state index in [0.717, 1.165) is 0 Å². The van der Waals surface area contributed by atoms with Crippen molar-refractivity contribution in [2.45, 2.75) is 5.44 Å². The fourth-order valence-corrected chi connectivity index (χ4v) is 0.778. The molecule has 0 aliphatic carbocycles. The quantitative estimate of drug-likeness (QED) is 0.479. The van der Waals surface area contributed by atoms with E-state index in [1.54, 1.807) is 17.8 Å². The van der Waals surface area contributed by atoms with Crippen LogP contribution in [0, 0.1) is 6.58 Å². The maximum Gasteiger partial charge on any atom is 0.0409 e. The Kier molecular flexibility index (Phi) is 1.26. The third kappa shape index (κ3) is 1.14. The number of rotatable bonds is 1. The van der Waals surface area contributed by atoms with Gasteiger partial charge in [0.2, 0.25) is 0 Å². The predicted molar refractivity (Wildman–Crippen MR) is 31.8 cm³/mol. The predicted octanol–water partition coefficient (Wildman–Crippen LogP) is 1.42. The standard InChI is InChI=1S/C5H7OS/c1-7-5-3-2-4-6-5/h2-5H,1H3/q-1/i4D. The fraction of sp³-hybridized carbons (Fsp3) is 0.400. The molecular weight excluding hydrogens is 108 g/mol. The largest absolute Gasteiger partial charge is 0.442 e. The highest BCUT2D eigenvalue weighted by Gasteiger charge is 1.94. The van der Waals surface area contributed by atoms with Crippen molar-refractivity contribution in [3.05, 3.63) is 18.7 Å². The first-order chi connectivity index (χ1) is 3.83. The molecule has 7 heavy (non-hydrogen) atoms. The molecule has 1 nitrogen and oxygen atoms in total. The molecule has 0 aromatic rings. The van der Waals surface area contributed by atoms with Gasteiger partial charge in [0.15, 0.2) is 0 Å². The SMILES string of the molecule is [2H][C-]1C=CC(SC)O1. The second-order valence-electron chi connectivity index (χ2n) is 1.20. The van der Waals surface area contributed by atoms with E-state index in [-0.39, 0.29) is 12.0 Å². The van der Waals surface area contributed by atoms with Crippen LogP contribution in [0.4, 0.5) is 0 Å². The topological polar surface area (TPSA) is 9.23 Å². The van der Waals surface area contributed by atoms with Gasteiger partial charge in [-0.1, -0.05) is 0 Å². The summed E-state index contributed by atoms with van der Waals surface area (Å²) < 4.78 is 11.9. The molecule has 1 unspecified atom stereocenters. The summed E-state index contributed by atoms with van der Waals surface area (Å²) in [5.74, 6) is 0. The van der Waals surface area contributed by atoms with Crippen LogP contribution in [-0.2, 0) is 4.74 Å². The van der Waals surface area contributed by atoms with Crippen molar-refractivity contribution in [2.24, 2.45) is 0 Å². The Hall–Kier alpha value is -0.0800. The maximum atomic E-state index is 6.96. The van der Waals surface area contributed by atoms with Crippen LogP contribution >= 0.6 is 11.8 Å². The zero-order valence-electron chi connectivity index (χ0n) is 5.05. The lowest BCUT2D eigenvalue weighted by molar-refractivity contribution is 0.243. The number of hydrogen-bond donors (Lipinski definition) is 0. The van der Waals surface area contributed by atoms with Gasteiger partial charge in [-0.15, -0.1) is 18.3 Å². The van der Waals surface area contributed by atoms with Gasteiger partial charge < -0.3 is 4.74 Å². The monoisotopic (exact) mass is 116 g/mol. The molecule has 0 radical (unpaired) electrons. The Bertz CT molecular complexity index is 105. The lowest BCUT2D eigenvalue weighted by Gasteiger charge is -2.08. The highest BCUT2D eigenvalue weighted by Crippen LogP contribution is 2.16. The van der Waals surface area contributed by atoms with E-state index >= 15 is 0 Å². The molecule has 0 fully saturated rings. The summed E-state index contributed by atoms with van der Waals surface area (Å²) >= 11 is 1.59. The molecule has 0 bridgehead atoms. The van der Waals surface area contributed by atoms with Gasteiger partial charge in [0.25, 0.3) is 0 Å². The number of hydrogen-bond acceptors (Lipinski definition) is 2. The molecule has 40 valence electrons. The Morgan fingerprint density at radius 1 is 2.14 bits per heavy atom. The van der Waals surface area contributed by atoms with E-state index < -0.39 is 0 Å². The summed E-state index contributed by atoms with van der Waals surface area (Å²) in [4.78, 5) is 0. The van der Waals surface area contributed by atoms with Crippen LogP contribution in [0.3, 0.4) is 0 Å². The summed E-state index contributed by atoms with van der Waals surface area (Å²) in [5, 5.41) is 0. The molecule has 0 aromatic carbocycles. The van der Waals surface area contributed by atoms with Crippen molar-refractivity contribution >= 4 is 11.8 Å². The first-order valence-electron chi connectivity index (χ1n) is 2.54. The third-order valence-electron chi connectivity index (χ3n) is 0.738. The van der Waals surface area contributed by atoms with Crippen LogP contribution in [0.15, 0.2) is 12.2 Å². The molecule has 1 rings (SSSR count). The molecule has 0 saturated heterocycles. The molecule has 1 atom stereocenters. The molecule has 0 saturated carbocycles. The van der Waals surface area contributed by atoms with Gasteiger partial charge in [-0.3, -0.25) is 0 Å². The molecule has 1 aliphatic rings. The van der Waals surface area contributed by atoms with Crippen molar-refractivity contribution in [3.8, 4) is 0 Å². The second kappa shape index (κ2) is 2.28. The summed E-state index contributed by atoms with van der Waals surface area (Å²) in [7, 11) is 0. The van der Waals surface area contributed by atoms with Crippen LogP contribution in [0.1, 0.15) is 1.37 Å². The second-order valence-corrected chi connectivity index (χ2v) is 2.13. The van der Waals surface area contributed by atoms with Crippen LogP contribution < -0.4 is 0 Å². The van der Waals surface area contributed by atoms with E-state index in [9.17, 15) is 0 Å². The Balaban J connectivity index is 2.34. The van der Waals surface area contributed by atoms with Gasteiger partial charge in [0.1, 0.15) is 0 Å². The van der Waals surface area contributed by atoms with Crippen molar-refractivity contribution in [1.29, 1.82) is 0 Å². The number of ether oxygens (including phenoxy) is 1. The molecule has 2 heteroatoms. The molecule has 0 spiro atoms. The van der Waals surface area contributed by atoms with Gasteiger partial charge in [-0.25, -0.2) is 6.08 Å². The zero-order valence-corrected chi connectivity index (χ0v) is 4.87. The average Bonchev–Trinajstić information content (AvgIpc) is 2.14. The summed E-state index contributed by atoms with van der Waals surface area (Å²) in [6.07, 6.45) is 5.49. The highest BCUT2D eigenvalue weighted by molar-refractivity contribution is 7.99. The van der Waals surface area contributed by atoms with Crippen LogP contribution in [-0.4, -0.2) is 11.7 Å². The molecule has 0 aromatic heterocycles. The van der Waals surface area contributed by atoms with Gasteiger partial charge in [0, 0.05) is 5.44 Å². The Morgan fingerprint density at radius 3 is 3.29 bits per heavy atom. The lowest BCUT2D eigenvalue weighted by Crippen LogP contribution is -1.92. The van der Waals surface area contributed by atoms with Gasteiger partial charge >= 0.3 is 0 Å². The Morgan fingerprint density at radius 2 is 3.00 bits per heavy atom. The van der Waals surface area contributed by atoms with Crippen LogP contribution in [0.2, 0.25) is 0 Å². The highest BCUT2D eigenvalue weighted by atomic mass is 32.2. The maximum absolute atomic E-state index is 6.96. The molecule has 1 heterocycles. The lowest BCUT2D eigenvalue weighted by atomic mass is 10.6. The molecular formula is C5H7OS-. The van der Waals surface area contributed by atoms with Crippen molar-refractivity contribution in [2.75, 3.05) is 6.26 Å². The van der Waals surface area contributed by atoms with E-state index in [4.69, 9.17) is 6.11 Å². The third-order valence-corrected chi connectivity index (χ3v) is 1.46. The summed E-state index contributed by atoms with van der Waals surface area (Å²) in [6.45, 7) is 0.268. The minimum Gasteiger partial charge on any atom is -0.442 e. The van der Waals surface area contributed by atoms with Gasteiger partial charge in [-0.2, -0.15) is 6.08 Å². The smallest absolute Gasteiger partial charge is 0.0409 e. The van der Waals surface area contributed by atoms with E-state index in [0.29, 0.717) is 0 Å². The minimum atomic E-state index is 0.0856. The zero-order chi connectivity index (χ0) is 5.98. The normalized spacial score (nSPS) is 31.3. The first-order valence-corrected chi connectivity index (χ1v) is 3.33. The van der Waals surface area contributed by atoms with Crippen molar-refractivity contribution in [3.63, 3.8) is 0 Å². The first kappa shape index (κ1) is 3.87. The Labute approximate surface area is 49.1 Å². The molecule has 0 amide bonds. The number of thioether (sulfide) groups is 1. The summed E-state index contributed by atoms with van der Waals surface area (Å²) in [5.41, 5.74) is 0.0856. The van der Waals surface area contributed by atoms with E-state index in [2.05, 4.69) is 0 Å². The van der Waals surface area contributed by atoms with E-state index in [1.807, 2.05) is 12.3 Å². The average molecular weight is 116 g/mol. The molecule has 0 N–H and O–H groups in total. The fourth-order valence-electron chi connectivity index (χ4n) is 0.390. The van der Waals surface area contributed by atoms with Gasteiger partial charge in [0.05, 0.1) is 0 Å². The van der Waals surface area contributed by atoms with Crippen LogP contribution in [0.25, 0.3) is 0 Å². The summed E-state index contributed by atoms with van der Waals surface area (Å²) in [6, 6.07) is 0. The minimum absolute atomic E-state index is 0.0856. The van der Waals surface area contributed by atoms with Crippen LogP contribution in [0.5, 0.6) is 0 Å². The molecule has 1 aliphatic heterocycles. The van der Waals surface area contributed by atoms with Crippen molar-refractivity contribution in [1.82, 2.24) is 0 Å². The van der Waals surface area contributed by atoms with Crippen molar-refractivity contribution < 1.29 is 6.11 Å². The van der Waals surface area contributed by atoms with E-state index in [1.165, 1.54) is 0 Å². The van der Waals surface area contributed by atoms with Gasteiger partial charge in [-0.05, 0) is 7.63 Å².